The Kier molecular flexibility index (Phi) is 2.58. The van der Waals surface area contributed by atoms with Crippen molar-refractivity contribution >= 4 is 33.4 Å². The summed E-state index contributed by atoms with van der Waals surface area (Å²) in [4.78, 5) is 29.0. The smallest absolute Gasteiger partial charge is 0.239 e. The molecule has 1 fully saturated rings. The summed E-state index contributed by atoms with van der Waals surface area (Å²) in [5.41, 5.74) is -0.0460. The number of amides is 2. The van der Waals surface area contributed by atoms with Gasteiger partial charge in [-0.15, -0.1) is 0 Å². The van der Waals surface area contributed by atoms with Crippen LogP contribution in [0.25, 0.3) is 0 Å². The molecule has 0 aliphatic carbocycles. The van der Waals surface area contributed by atoms with Crippen LogP contribution in [0.15, 0.2) is 22.9 Å². The first kappa shape index (κ1) is 11.3. The van der Waals surface area contributed by atoms with Crippen molar-refractivity contribution in [2.75, 3.05) is 4.90 Å². The fourth-order valence-corrected chi connectivity index (χ4v) is 2.17. The van der Waals surface area contributed by atoms with Crippen LogP contribution in [0.5, 0.6) is 0 Å². The number of carbonyl (C=O) groups excluding carboxylic acids is 2. The topological polar surface area (TPSA) is 50.3 Å². The Morgan fingerprint density at radius 3 is 2.62 bits per heavy atom. The van der Waals surface area contributed by atoms with Gasteiger partial charge in [-0.25, -0.2) is 4.90 Å². The van der Waals surface area contributed by atoms with Crippen LogP contribution in [0.2, 0.25) is 0 Å². The van der Waals surface area contributed by atoms with E-state index >= 15 is 0 Å². The van der Waals surface area contributed by atoms with Gasteiger partial charge in [0.25, 0.3) is 0 Å². The van der Waals surface area contributed by atoms with E-state index in [-0.39, 0.29) is 18.2 Å². The Bertz CT molecular complexity index is 471. The lowest BCUT2D eigenvalue weighted by molar-refractivity contribution is -0.124. The molecule has 16 heavy (non-hydrogen) atoms. The maximum Gasteiger partial charge on any atom is 0.239 e. The number of halogens is 1. The van der Waals surface area contributed by atoms with E-state index in [0.717, 1.165) is 0 Å². The standard InChI is InChI=1S/C11H11BrN2O2/c1-11(2)5-9(15)14(10(11)16)8-3-4-13-6-7(8)12/h3-4,6H,5H2,1-2H3. The molecule has 1 saturated heterocycles. The van der Waals surface area contributed by atoms with E-state index in [1.165, 1.54) is 4.90 Å². The van der Waals surface area contributed by atoms with Crippen molar-refractivity contribution in [3.63, 3.8) is 0 Å². The van der Waals surface area contributed by atoms with Gasteiger partial charge in [0.2, 0.25) is 11.8 Å². The number of rotatable bonds is 1. The predicted octanol–water partition coefficient (Wildman–Crippen LogP) is 2.13. The lowest BCUT2D eigenvalue weighted by Crippen LogP contribution is -2.33. The monoisotopic (exact) mass is 282 g/mol. The molecule has 0 spiro atoms. The van der Waals surface area contributed by atoms with Crippen LogP contribution in [0.3, 0.4) is 0 Å². The Morgan fingerprint density at radius 1 is 1.44 bits per heavy atom. The highest BCUT2D eigenvalue weighted by Gasteiger charge is 2.45. The summed E-state index contributed by atoms with van der Waals surface area (Å²) >= 11 is 3.29. The molecule has 4 nitrogen and oxygen atoms in total. The Morgan fingerprint density at radius 2 is 2.12 bits per heavy atom. The summed E-state index contributed by atoms with van der Waals surface area (Å²) in [6, 6.07) is 1.65. The highest BCUT2D eigenvalue weighted by molar-refractivity contribution is 9.10. The minimum absolute atomic E-state index is 0.163. The minimum Gasteiger partial charge on any atom is -0.274 e. The van der Waals surface area contributed by atoms with Crippen LogP contribution in [-0.2, 0) is 9.59 Å². The fourth-order valence-electron chi connectivity index (χ4n) is 1.74. The van der Waals surface area contributed by atoms with Crippen LogP contribution in [0.1, 0.15) is 20.3 Å². The first-order valence-electron chi connectivity index (χ1n) is 4.90. The van der Waals surface area contributed by atoms with Crippen LogP contribution in [0.4, 0.5) is 5.69 Å². The summed E-state index contributed by atoms with van der Waals surface area (Å²) in [5, 5.41) is 0. The van der Waals surface area contributed by atoms with Gasteiger partial charge in [-0.3, -0.25) is 14.6 Å². The normalized spacial score (nSPS) is 19.3. The summed E-state index contributed by atoms with van der Waals surface area (Å²) in [6.07, 6.45) is 3.38. The molecule has 1 aliphatic heterocycles. The molecule has 0 unspecified atom stereocenters. The van der Waals surface area contributed by atoms with E-state index in [1.807, 2.05) is 0 Å². The van der Waals surface area contributed by atoms with Crippen LogP contribution < -0.4 is 4.90 Å². The number of carbonyl (C=O) groups is 2. The number of anilines is 1. The Labute approximate surface area is 102 Å². The zero-order chi connectivity index (χ0) is 11.9. The zero-order valence-corrected chi connectivity index (χ0v) is 10.6. The summed E-state index contributed by atoms with van der Waals surface area (Å²) in [6.45, 7) is 3.56. The van der Waals surface area contributed by atoms with E-state index in [4.69, 9.17) is 0 Å². The van der Waals surface area contributed by atoms with E-state index in [9.17, 15) is 9.59 Å². The number of aromatic nitrogens is 1. The fraction of sp³-hybridized carbons (Fsp3) is 0.364. The van der Waals surface area contributed by atoms with Crippen molar-refractivity contribution in [3.8, 4) is 0 Å². The molecular weight excluding hydrogens is 272 g/mol. The van der Waals surface area contributed by atoms with Crippen molar-refractivity contribution in [1.82, 2.24) is 4.98 Å². The van der Waals surface area contributed by atoms with Gasteiger partial charge in [0.1, 0.15) is 0 Å². The highest BCUT2D eigenvalue weighted by atomic mass is 79.9. The molecular formula is C11H11BrN2O2. The van der Waals surface area contributed by atoms with E-state index in [1.54, 1.807) is 32.3 Å². The lowest BCUT2D eigenvalue weighted by atomic mass is 9.92. The molecule has 84 valence electrons. The third-order valence-corrected chi connectivity index (χ3v) is 3.23. The highest BCUT2D eigenvalue weighted by Crippen LogP contribution is 2.37. The first-order chi connectivity index (χ1) is 7.43. The van der Waals surface area contributed by atoms with Crippen LogP contribution in [-0.4, -0.2) is 16.8 Å². The molecule has 2 amide bonds. The number of hydrogen-bond acceptors (Lipinski definition) is 3. The minimum atomic E-state index is -0.611. The molecule has 0 atom stereocenters. The Hall–Kier alpha value is -1.23. The third-order valence-electron chi connectivity index (χ3n) is 2.62. The number of imide groups is 1. The van der Waals surface area contributed by atoms with Crippen molar-refractivity contribution < 1.29 is 9.59 Å². The maximum atomic E-state index is 12.1. The van der Waals surface area contributed by atoms with Crippen molar-refractivity contribution in [2.45, 2.75) is 20.3 Å². The quantitative estimate of drug-likeness (QED) is 0.742. The van der Waals surface area contributed by atoms with Crippen molar-refractivity contribution in [1.29, 1.82) is 0 Å². The van der Waals surface area contributed by atoms with Gasteiger partial charge in [-0.1, -0.05) is 13.8 Å². The van der Waals surface area contributed by atoms with Crippen LogP contribution in [0, 0.1) is 5.41 Å². The molecule has 1 aromatic heterocycles. The average Bonchev–Trinajstić information content (AvgIpc) is 2.39. The SMILES string of the molecule is CC1(C)CC(=O)N(c2ccncc2Br)C1=O. The zero-order valence-electron chi connectivity index (χ0n) is 9.03. The summed E-state index contributed by atoms with van der Waals surface area (Å²) in [7, 11) is 0. The third kappa shape index (κ3) is 1.65. The van der Waals surface area contributed by atoms with E-state index < -0.39 is 5.41 Å². The first-order valence-corrected chi connectivity index (χ1v) is 5.70. The number of nitrogens with zero attached hydrogens (tertiary/aromatic N) is 2. The lowest BCUT2D eigenvalue weighted by Gasteiger charge is -2.18. The Balaban J connectivity index is 2.47. The molecule has 2 rings (SSSR count). The van der Waals surface area contributed by atoms with Gasteiger partial charge < -0.3 is 0 Å². The van der Waals surface area contributed by atoms with E-state index in [2.05, 4.69) is 20.9 Å². The molecule has 1 aromatic rings. The number of pyridine rings is 1. The van der Waals surface area contributed by atoms with Gasteiger partial charge in [0.05, 0.1) is 15.6 Å². The van der Waals surface area contributed by atoms with Gasteiger partial charge in [0, 0.05) is 18.8 Å². The van der Waals surface area contributed by atoms with Crippen molar-refractivity contribution in [3.05, 3.63) is 22.9 Å². The van der Waals surface area contributed by atoms with E-state index in [0.29, 0.717) is 10.2 Å². The molecule has 1 aliphatic rings. The van der Waals surface area contributed by atoms with Crippen LogP contribution >= 0.6 is 15.9 Å². The molecule has 0 N–H and O–H groups in total. The second kappa shape index (κ2) is 3.66. The van der Waals surface area contributed by atoms with Gasteiger partial charge in [0.15, 0.2) is 0 Å². The molecule has 0 saturated carbocycles. The van der Waals surface area contributed by atoms with Gasteiger partial charge in [-0.05, 0) is 22.0 Å². The molecule has 0 radical (unpaired) electrons. The number of hydrogen-bond donors (Lipinski definition) is 0. The maximum absolute atomic E-state index is 12.1. The van der Waals surface area contributed by atoms with Gasteiger partial charge in [-0.2, -0.15) is 0 Å². The average molecular weight is 283 g/mol. The molecule has 5 heteroatoms. The molecule has 0 aromatic carbocycles. The van der Waals surface area contributed by atoms with Crippen molar-refractivity contribution in [2.24, 2.45) is 5.41 Å². The predicted molar refractivity (Wildman–Crippen MR) is 62.8 cm³/mol. The molecule has 2 heterocycles. The van der Waals surface area contributed by atoms with Gasteiger partial charge >= 0.3 is 0 Å². The molecule has 0 bridgehead atoms. The second-order valence-electron chi connectivity index (χ2n) is 4.42. The second-order valence-corrected chi connectivity index (χ2v) is 5.28. The largest absolute Gasteiger partial charge is 0.274 e. The summed E-state index contributed by atoms with van der Waals surface area (Å²) in [5.74, 6) is -0.327. The summed E-state index contributed by atoms with van der Waals surface area (Å²) < 4.78 is 0.648.